The van der Waals surface area contributed by atoms with Gasteiger partial charge in [-0.1, -0.05) is 26.0 Å². The normalized spacial score (nSPS) is 17.6. The van der Waals surface area contributed by atoms with Crippen molar-refractivity contribution in [3.05, 3.63) is 34.4 Å². The molecule has 1 aliphatic heterocycles. The van der Waals surface area contributed by atoms with Crippen LogP contribution < -0.4 is 5.73 Å². The summed E-state index contributed by atoms with van der Waals surface area (Å²) in [6.45, 7) is 9.83. The summed E-state index contributed by atoms with van der Waals surface area (Å²) in [6.07, 6.45) is 0. The summed E-state index contributed by atoms with van der Waals surface area (Å²) in [5, 5.41) is 0. The summed E-state index contributed by atoms with van der Waals surface area (Å²) in [4.78, 5) is 26.8. The van der Waals surface area contributed by atoms with Crippen molar-refractivity contribution in [3.8, 4) is 0 Å². The summed E-state index contributed by atoms with van der Waals surface area (Å²) in [5.74, 6) is -0.337. The van der Waals surface area contributed by atoms with E-state index in [1.807, 2.05) is 46.8 Å². The predicted octanol–water partition coefficient (Wildman–Crippen LogP) is 2.27. The molecule has 4 nitrogen and oxygen atoms in total. The standard InChI is InChI=1S/C16H22N2O2/c1-9(2)16(5,8-17)18-14(19)12-10(3)6-7-11(4)13(12)15(18)20/h6-7,9H,8,17H2,1-5H3. The van der Waals surface area contributed by atoms with E-state index in [0.29, 0.717) is 11.1 Å². The lowest BCUT2D eigenvalue weighted by Gasteiger charge is -2.39. The van der Waals surface area contributed by atoms with Gasteiger partial charge >= 0.3 is 0 Å². The minimum Gasteiger partial charge on any atom is -0.328 e. The lowest BCUT2D eigenvalue weighted by Crippen LogP contribution is -2.57. The van der Waals surface area contributed by atoms with Crippen LogP contribution in [0.3, 0.4) is 0 Å². The fourth-order valence-corrected chi connectivity index (χ4v) is 2.73. The highest BCUT2D eigenvalue weighted by Gasteiger charge is 2.48. The van der Waals surface area contributed by atoms with E-state index in [4.69, 9.17) is 5.73 Å². The van der Waals surface area contributed by atoms with Crippen LogP contribution in [-0.4, -0.2) is 28.8 Å². The van der Waals surface area contributed by atoms with E-state index < -0.39 is 5.54 Å². The number of hydrogen-bond acceptors (Lipinski definition) is 3. The molecule has 0 fully saturated rings. The Labute approximate surface area is 119 Å². The third-order valence-electron chi connectivity index (χ3n) is 4.62. The van der Waals surface area contributed by atoms with Crippen LogP contribution >= 0.6 is 0 Å². The molecule has 1 aromatic rings. The second-order valence-corrected chi connectivity index (χ2v) is 6.11. The second-order valence-electron chi connectivity index (χ2n) is 6.11. The van der Waals surface area contributed by atoms with Gasteiger partial charge in [-0.25, -0.2) is 0 Å². The zero-order chi connectivity index (χ0) is 15.2. The van der Waals surface area contributed by atoms with Crippen molar-refractivity contribution in [3.63, 3.8) is 0 Å². The van der Waals surface area contributed by atoms with Crippen LogP contribution in [0.25, 0.3) is 0 Å². The number of carbonyl (C=O) groups excluding carboxylic acids is 2. The minimum absolute atomic E-state index is 0.0929. The summed E-state index contributed by atoms with van der Waals surface area (Å²) in [7, 11) is 0. The Morgan fingerprint density at radius 3 is 1.80 bits per heavy atom. The molecule has 0 aromatic heterocycles. The smallest absolute Gasteiger partial charge is 0.262 e. The number of imide groups is 1. The molecule has 0 bridgehead atoms. The van der Waals surface area contributed by atoms with E-state index in [1.165, 1.54) is 4.90 Å². The van der Waals surface area contributed by atoms with Crippen LogP contribution in [0.1, 0.15) is 52.6 Å². The van der Waals surface area contributed by atoms with Crippen LogP contribution in [0.2, 0.25) is 0 Å². The van der Waals surface area contributed by atoms with E-state index in [0.717, 1.165) is 11.1 Å². The molecule has 1 aromatic carbocycles. The molecule has 2 rings (SSSR count). The molecule has 0 spiro atoms. The largest absolute Gasteiger partial charge is 0.328 e. The number of aryl methyl sites for hydroxylation is 2. The van der Waals surface area contributed by atoms with Gasteiger partial charge in [-0.2, -0.15) is 0 Å². The summed E-state index contributed by atoms with van der Waals surface area (Å²) < 4.78 is 0. The Morgan fingerprint density at radius 2 is 1.50 bits per heavy atom. The predicted molar refractivity (Wildman–Crippen MR) is 78.7 cm³/mol. The molecule has 20 heavy (non-hydrogen) atoms. The molecule has 2 N–H and O–H groups in total. The van der Waals surface area contributed by atoms with Gasteiger partial charge in [-0.05, 0) is 37.8 Å². The quantitative estimate of drug-likeness (QED) is 0.860. The van der Waals surface area contributed by atoms with E-state index in [-0.39, 0.29) is 24.3 Å². The van der Waals surface area contributed by atoms with E-state index in [2.05, 4.69) is 0 Å². The number of amides is 2. The zero-order valence-corrected chi connectivity index (χ0v) is 12.8. The number of fused-ring (bicyclic) bond motifs is 1. The SMILES string of the molecule is Cc1ccc(C)c2c1C(=O)N(C(C)(CN)C(C)C)C2=O. The minimum atomic E-state index is -0.661. The maximum atomic E-state index is 12.7. The fraction of sp³-hybridized carbons (Fsp3) is 0.500. The highest BCUT2D eigenvalue weighted by atomic mass is 16.2. The summed E-state index contributed by atoms with van der Waals surface area (Å²) in [5.41, 5.74) is 7.98. The monoisotopic (exact) mass is 274 g/mol. The average Bonchev–Trinajstić information content (AvgIpc) is 2.66. The van der Waals surface area contributed by atoms with Crippen molar-refractivity contribution in [2.45, 2.75) is 40.2 Å². The number of carbonyl (C=O) groups is 2. The Morgan fingerprint density at radius 1 is 1.10 bits per heavy atom. The first-order chi connectivity index (χ1) is 9.25. The Hall–Kier alpha value is -1.68. The Kier molecular flexibility index (Phi) is 3.46. The molecule has 0 radical (unpaired) electrons. The van der Waals surface area contributed by atoms with Gasteiger partial charge in [0.25, 0.3) is 11.8 Å². The second kappa shape index (κ2) is 4.70. The van der Waals surface area contributed by atoms with E-state index in [9.17, 15) is 9.59 Å². The molecule has 2 amide bonds. The van der Waals surface area contributed by atoms with Crippen molar-refractivity contribution in [2.75, 3.05) is 6.54 Å². The van der Waals surface area contributed by atoms with Gasteiger partial charge in [0.2, 0.25) is 0 Å². The zero-order valence-electron chi connectivity index (χ0n) is 12.8. The van der Waals surface area contributed by atoms with Crippen LogP contribution in [0.5, 0.6) is 0 Å². The van der Waals surface area contributed by atoms with Gasteiger partial charge in [0.1, 0.15) is 0 Å². The van der Waals surface area contributed by atoms with Gasteiger partial charge in [0.15, 0.2) is 0 Å². The maximum Gasteiger partial charge on any atom is 0.262 e. The van der Waals surface area contributed by atoms with Crippen LogP contribution in [-0.2, 0) is 0 Å². The Balaban J connectivity index is 2.64. The fourth-order valence-electron chi connectivity index (χ4n) is 2.73. The molecule has 1 unspecified atom stereocenters. The highest BCUT2D eigenvalue weighted by molar-refractivity contribution is 6.23. The van der Waals surface area contributed by atoms with Gasteiger partial charge < -0.3 is 5.73 Å². The third-order valence-corrected chi connectivity index (χ3v) is 4.62. The van der Waals surface area contributed by atoms with Gasteiger partial charge in [-0.3, -0.25) is 14.5 Å². The van der Waals surface area contributed by atoms with E-state index in [1.54, 1.807) is 0 Å². The first-order valence-corrected chi connectivity index (χ1v) is 6.94. The topological polar surface area (TPSA) is 63.4 Å². The maximum absolute atomic E-state index is 12.7. The van der Waals surface area contributed by atoms with Crippen LogP contribution in [0.4, 0.5) is 0 Å². The molecule has 4 heteroatoms. The highest BCUT2D eigenvalue weighted by Crippen LogP contribution is 2.35. The molecule has 0 aliphatic carbocycles. The molecule has 0 saturated heterocycles. The van der Waals surface area contributed by atoms with E-state index >= 15 is 0 Å². The molecule has 1 aliphatic rings. The van der Waals surface area contributed by atoms with Crippen LogP contribution in [0.15, 0.2) is 12.1 Å². The summed E-state index contributed by atoms with van der Waals surface area (Å²) in [6, 6.07) is 3.77. The Bertz CT molecular complexity index is 551. The number of rotatable bonds is 3. The van der Waals surface area contributed by atoms with Gasteiger partial charge in [0.05, 0.1) is 16.7 Å². The first kappa shape index (κ1) is 14.7. The number of hydrogen-bond donors (Lipinski definition) is 1. The first-order valence-electron chi connectivity index (χ1n) is 6.94. The number of benzene rings is 1. The van der Waals surface area contributed by atoms with Crippen LogP contribution in [0, 0.1) is 19.8 Å². The number of nitrogens with zero attached hydrogens (tertiary/aromatic N) is 1. The molecule has 0 saturated carbocycles. The molecule has 1 atom stereocenters. The molecule has 108 valence electrons. The van der Waals surface area contributed by atoms with Crippen molar-refractivity contribution in [1.29, 1.82) is 0 Å². The lowest BCUT2D eigenvalue weighted by atomic mass is 9.86. The van der Waals surface area contributed by atoms with Crippen molar-refractivity contribution in [1.82, 2.24) is 4.90 Å². The third kappa shape index (κ3) is 1.79. The molecule has 1 heterocycles. The lowest BCUT2D eigenvalue weighted by molar-refractivity contribution is 0.0371. The number of nitrogens with two attached hydrogens (primary N) is 1. The average molecular weight is 274 g/mol. The van der Waals surface area contributed by atoms with Gasteiger partial charge in [-0.15, -0.1) is 0 Å². The van der Waals surface area contributed by atoms with Crippen molar-refractivity contribution in [2.24, 2.45) is 11.7 Å². The van der Waals surface area contributed by atoms with Crippen molar-refractivity contribution >= 4 is 11.8 Å². The van der Waals surface area contributed by atoms with Crippen molar-refractivity contribution < 1.29 is 9.59 Å². The molecular weight excluding hydrogens is 252 g/mol. The summed E-state index contributed by atoms with van der Waals surface area (Å²) >= 11 is 0. The molecular formula is C16H22N2O2. The van der Waals surface area contributed by atoms with Gasteiger partial charge in [0, 0.05) is 6.54 Å².